The second-order valence-electron chi connectivity index (χ2n) is 14.0. The number of urea groups is 1. The normalized spacial score (nSPS) is 19.9. The van der Waals surface area contributed by atoms with Gasteiger partial charge < -0.3 is 31.3 Å². The summed E-state index contributed by atoms with van der Waals surface area (Å²) in [6.45, 7) is 11.6. The SMILES string of the molecule is CCC[C@H](NC(=O)N[C@H](C(=O)N1CCC(C(C)C)[C@H]1C(=O)NC(CC1CC1)C(=O)C(N)=O)C(C)(C)C)C(=O)OCc1ccccc1. The zero-order valence-electron chi connectivity index (χ0n) is 28.0. The van der Waals surface area contributed by atoms with Gasteiger partial charge >= 0.3 is 12.0 Å². The highest BCUT2D eigenvalue weighted by Crippen LogP contribution is 2.35. The van der Waals surface area contributed by atoms with Crippen LogP contribution in [0, 0.1) is 23.2 Å². The summed E-state index contributed by atoms with van der Waals surface area (Å²) in [5.41, 5.74) is 5.33. The Hall–Kier alpha value is -3.96. The van der Waals surface area contributed by atoms with E-state index in [2.05, 4.69) is 16.0 Å². The summed E-state index contributed by atoms with van der Waals surface area (Å²) in [7, 11) is 0. The Balaban J connectivity index is 1.76. The predicted octanol–water partition coefficient (Wildman–Crippen LogP) is 2.82. The van der Waals surface area contributed by atoms with E-state index in [0.29, 0.717) is 25.7 Å². The van der Waals surface area contributed by atoms with Gasteiger partial charge in [0.15, 0.2) is 0 Å². The Labute approximate surface area is 271 Å². The molecule has 3 rings (SSSR count). The highest BCUT2D eigenvalue weighted by atomic mass is 16.5. The van der Waals surface area contributed by atoms with Gasteiger partial charge in [-0.15, -0.1) is 0 Å². The number of hydrogen-bond acceptors (Lipinski definition) is 7. The molecular formula is C34H51N5O7. The third-order valence-electron chi connectivity index (χ3n) is 8.77. The maximum atomic E-state index is 14.2. The minimum atomic E-state index is -1.11. The third-order valence-corrected chi connectivity index (χ3v) is 8.77. The molecule has 5 N–H and O–H groups in total. The molecule has 1 saturated heterocycles. The van der Waals surface area contributed by atoms with Crippen molar-refractivity contribution >= 4 is 35.5 Å². The minimum absolute atomic E-state index is 0.0309. The van der Waals surface area contributed by atoms with Crippen molar-refractivity contribution < 1.29 is 33.5 Å². The zero-order chi connectivity index (χ0) is 34.2. The molecule has 5 amide bonds. The number of likely N-dealkylation sites (tertiary alicyclic amines) is 1. The first-order chi connectivity index (χ1) is 21.6. The van der Waals surface area contributed by atoms with Crippen LogP contribution in [0.25, 0.3) is 0 Å². The van der Waals surface area contributed by atoms with Crippen molar-refractivity contribution in [1.29, 1.82) is 0 Å². The Morgan fingerprint density at radius 1 is 0.957 bits per heavy atom. The number of primary amides is 1. The summed E-state index contributed by atoms with van der Waals surface area (Å²) in [5, 5.41) is 8.19. The number of nitrogens with two attached hydrogens (primary N) is 1. The number of carbonyl (C=O) groups excluding carboxylic acids is 6. The number of nitrogens with one attached hydrogen (secondary N) is 3. The Kier molecular flexibility index (Phi) is 12.7. The second-order valence-corrected chi connectivity index (χ2v) is 14.0. The molecule has 0 aromatic heterocycles. The van der Waals surface area contributed by atoms with Crippen LogP contribution in [0.2, 0.25) is 0 Å². The fourth-order valence-electron chi connectivity index (χ4n) is 5.96. The van der Waals surface area contributed by atoms with Gasteiger partial charge in [-0.3, -0.25) is 19.2 Å². The van der Waals surface area contributed by atoms with Crippen molar-refractivity contribution in [2.24, 2.45) is 28.9 Å². The molecule has 2 aliphatic rings. The first-order valence-corrected chi connectivity index (χ1v) is 16.4. The number of Topliss-reactive ketones (excluding diaryl/α,β-unsaturated/α-hetero) is 1. The van der Waals surface area contributed by atoms with Gasteiger partial charge in [0, 0.05) is 6.54 Å². The van der Waals surface area contributed by atoms with Gasteiger partial charge in [-0.2, -0.15) is 0 Å². The van der Waals surface area contributed by atoms with Crippen molar-refractivity contribution in [3.8, 4) is 0 Å². The van der Waals surface area contributed by atoms with Gasteiger partial charge in [-0.05, 0) is 48.0 Å². The average Bonchev–Trinajstić information content (AvgIpc) is 3.70. The van der Waals surface area contributed by atoms with Crippen molar-refractivity contribution in [3.63, 3.8) is 0 Å². The van der Waals surface area contributed by atoms with E-state index in [0.717, 1.165) is 18.4 Å². The highest BCUT2D eigenvalue weighted by Gasteiger charge is 2.48. The second kappa shape index (κ2) is 16.0. The van der Waals surface area contributed by atoms with Gasteiger partial charge in [0.25, 0.3) is 5.91 Å². The topological polar surface area (TPSA) is 177 Å². The molecule has 46 heavy (non-hydrogen) atoms. The van der Waals surface area contributed by atoms with Crippen molar-refractivity contribution in [2.45, 2.75) is 111 Å². The predicted molar refractivity (Wildman–Crippen MR) is 172 cm³/mol. The van der Waals surface area contributed by atoms with Crippen LogP contribution in [-0.4, -0.2) is 71.1 Å². The molecular weight excluding hydrogens is 590 g/mol. The number of ether oxygens (including phenoxy) is 1. The van der Waals surface area contributed by atoms with Crippen LogP contribution in [-0.2, 0) is 35.3 Å². The molecule has 12 nitrogen and oxygen atoms in total. The van der Waals surface area contributed by atoms with Crippen molar-refractivity contribution in [3.05, 3.63) is 35.9 Å². The van der Waals surface area contributed by atoms with Gasteiger partial charge in [0.1, 0.15) is 24.7 Å². The van der Waals surface area contributed by atoms with E-state index in [1.165, 1.54) is 4.90 Å². The lowest BCUT2D eigenvalue weighted by Crippen LogP contribution is -2.61. The quantitative estimate of drug-likeness (QED) is 0.168. The zero-order valence-corrected chi connectivity index (χ0v) is 28.0. The number of amides is 5. The van der Waals surface area contributed by atoms with Crippen LogP contribution in [0.3, 0.4) is 0 Å². The Morgan fingerprint density at radius 2 is 1.61 bits per heavy atom. The molecule has 5 atom stereocenters. The van der Waals surface area contributed by atoms with E-state index in [-0.39, 0.29) is 30.9 Å². The molecule has 0 radical (unpaired) electrons. The molecule has 1 aromatic carbocycles. The number of ketones is 1. The average molecular weight is 642 g/mol. The van der Waals surface area contributed by atoms with E-state index in [4.69, 9.17) is 10.5 Å². The first-order valence-electron chi connectivity index (χ1n) is 16.4. The van der Waals surface area contributed by atoms with Gasteiger partial charge in [-0.25, -0.2) is 9.59 Å². The maximum absolute atomic E-state index is 14.2. The summed E-state index contributed by atoms with van der Waals surface area (Å²) < 4.78 is 5.46. The van der Waals surface area contributed by atoms with Gasteiger partial charge in [0.2, 0.25) is 17.6 Å². The van der Waals surface area contributed by atoms with Gasteiger partial charge in [-0.1, -0.05) is 91.1 Å². The number of hydrogen-bond donors (Lipinski definition) is 4. The minimum Gasteiger partial charge on any atom is -0.459 e. The molecule has 1 aromatic rings. The van der Waals surface area contributed by atoms with Crippen LogP contribution in [0.4, 0.5) is 4.79 Å². The first kappa shape index (κ1) is 36.5. The third kappa shape index (κ3) is 10.0. The van der Waals surface area contributed by atoms with Gasteiger partial charge in [0.05, 0.1) is 6.04 Å². The van der Waals surface area contributed by atoms with Crippen LogP contribution in [0.5, 0.6) is 0 Å². The molecule has 0 bridgehead atoms. The summed E-state index contributed by atoms with van der Waals surface area (Å²) in [6, 6.07) is 4.56. The van der Waals surface area contributed by atoms with E-state index >= 15 is 0 Å². The fraction of sp³-hybridized carbons (Fsp3) is 0.647. The molecule has 1 heterocycles. The smallest absolute Gasteiger partial charge is 0.329 e. The summed E-state index contributed by atoms with van der Waals surface area (Å²) in [4.78, 5) is 80.0. The lowest BCUT2D eigenvalue weighted by molar-refractivity contribution is -0.147. The Bertz CT molecular complexity index is 1260. The molecule has 2 unspecified atom stereocenters. The standard InChI is InChI=1S/C34H51N5O7/c1-7-11-24(32(44)46-19-22-12-9-8-10-13-22)37-33(45)38-28(34(4,5)6)31(43)39-17-16-23(20(2)3)26(39)30(42)36-25(18-21-14-15-21)27(40)29(35)41/h8-10,12-13,20-21,23-26,28H,7,11,14-19H2,1-6H3,(H2,35,41)(H,36,42)(H2,37,38,45)/t23?,24-,25?,26-,28+/m0/s1. The molecule has 1 aliphatic heterocycles. The lowest BCUT2D eigenvalue weighted by atomic mass is 9.84. The number of carbonyl (C=O) groups is 6. The maximum Gasteiger partial charge on any atom is 0.329 e. The molecule has 1 aliphatic carbocycles. The largest absolute Gasteiger partial charge is 0.459 e. The van der Waals surface area contributed by atoms with Crippen LogP contribution >= 0.6 is 0 Å². The molecule has 0 spiro atoms. The number of esters is 1. The highest BCUT2D eigenvalue weighted by molar-refractivity contribution is 6.37. The van der Waals surface area contributed by atoms with E-state index in [1.807, 2.05) is 51.1 Å². The summed E-state index contributed by atoms with van der Waals surface area (Å²) in [6.07, 6.45) is 3.63. The van der Waals surface area contributed by atoms with Crippen molar-refractivity contribution in [2.75, 3.05) is 6.54 Å². The number of nitrogens with zero attached hydrogens (tertiary/aromatic N) is 1. The van der Waals surface area contributed by atoms with Crippen LogP contribution in [0.1, 0.15) is 85.6 Å². The monoisotopic (exact) mass is 641 g/mol. The van der Waals surface area contributed by atoms with E-state index in [1.54, 1.807) is 20.8 Å². The van der Waals surface area contributed by atoms with E-state index in [9.17, 15) is 28.8 Å². The van der Waals surface area contributed by atoms with Crippen LogP contribution < -0.4 is 21.7 Å². The Morgan fingerprint density at radius 3 is 2.15 bits per heavy atom. The molecule has 2 fully saturated rings. The number of benzene rings is 1. The molecule has 1 saturated carbocycles. The summed E-state index contributed by atoms with van der Waals surface area (Å²) in [5.74, 6) is -3.47. The molecule has 12 heteroatoms. The number of rotatable bonds is 15. The lowest BCUT2D eigenvalue weighted by Gasteiger charge is -2.37. The molecule has 254 valence electrons. The fourth-order valence-corrected chi connectivity index (χ4v) is 5.96. The van der Waals surface area contributed by atoms with E-state index < -0.39 is 65.1 Å². The van der Waals surface area contributed by atoms with Crippen molar-refractivity contribution in [1.82, 2.24) is 20.9 Å². The van der Waals surface area contributed by atoms with Crippen LogP contribution in [0.15, 0.2) is 30.3 Å². The summed E-state index contributed by atoms with van der Waals surface area (Å²) >= 11 is 0.